The van der Waals surface area contributed by atoms with Crippen molar-refractivity contribution in [2.24, 2.45) is 0 Å². The van der Waals surface area contributed by atoms with Crippen LogP contribution >= 0.6 is 0 Å². The van der Waals surface area contributed by atoms with Crippen molar-refractivity contribution < 1.29 is 0 Å². The lowest BCUT2D eigenvalue weighted by Gasteiger charge is -2.34. The fourth-order valence-corrected chi connectivity index (χ4v) is 3.40. The molecule has 106 valence electrons. The number of benzene rings is 1. The monoisotopic (exact) mass is 283 g/mol. The summed E-state index contributed by atoms with van der Waals surface area (Å²) in [5.41, 5.74) is 4.84. The second-order valence-corrected chi connectivity index (χ2v) is 11.3. The van der Waals surface area contributed by atoms with E-state index in [0.717, 1.165) is 19.5 Å². The van der Waals surface area contributed by atoms with Gasteiger partial charge in [0.1, 0.15) is 13.6 Å². The summed E-state index contributed by atoms with van der Waals surface area (Å²) in [7, 11) is -1.37. The Hall–Kier alpha value is -1.30. The van der Waals surface area contributed by atoms with E-state index in [4.69, 9.17) is 0 Å². The largest absolute Gasteiger partial charge is 0.280 e. The van der Waals surface area contributed by atoms with Crippen LogP contribution in [0.5, 0.6) is 0 Å². The first kappa shape index (κ1) is 15.1. The molecule has 1 atom stereocenters. The topological polar surface area (TPSA) is 3.24 Å². The van der Waals surface area contributed by atoms with Gasteiger partial charge in [-0.25, -0.2) is 0 Å². The molecule has 1 fully saturated rings. The highest BCUT2D eigenvalue weighted by molar-refractivity contribution is 6.83. The van der Waals surface area contributed by atoms with Crippen molar-refractivity contribution in [3.63, 3.8) is 0 Å². The van der Waals surface area contributed by atoms with Gasteiger partial charge in [0.25, 0.3) is 0 Å². The molecule has 1 unspecified atom stereocenters. The summed E-state index contributed by atoms with van der Waals surface area (Å²) in [5.74, 6) is 3.68. The van der Waals surface area contributed by atoms with Gasteiger partial charge in [-0.2, -0.15) is 0 Å². The van der Waals surface area contributed by atoms with E-state index in [2.05, 4.69) is 72.9 Å². The molecule has 0 aromatic heterocycles. The molecule has 0 N–H and O–H groups in total. The molecule has 0 bridgehead atoms. The smallest absolute Gasteiger partial charge is 0.129 e. The number of nitrogens with zero attached hydrogens (tertiary/aromatic N) is 1. The van der Waals surface area contributed by atoms with Gasteiger partial charge in [0, 0.05) is 13.1 Å². The number of likely N-dealkylation sites (tertiary alicyclic amines) is 1. The van der Waals surface area contributed by atoms with Gasteiger partial charge in [0.15, 0.2) is 0 Å². The van der Waals surface area contributed by atoms with E-state index in [0.29, 0.717) is 0 Å². The zero-order chi connectivity index (χ0) is 14.6. The number of rotatable bonds is 3. The molecular weight excluding hydrogens is 258 g/mol. The Morgan fingerprint density at radius 2 is 2.00 bits per heavy atom. The van der Waals surface area contributed by atoms with E-state index in [1.54, 1.807) is 0 Å². The molecule has 1 aromatic rings. The predicted molar refractivity (Wildman–Crippen MR) is 90.2 cm³/mol. The molecule has 0 amide bonds. The minimum Gasteiger partial charge on any atom is -0.280 e. The Morgan fingerprint density at radius 1 is 1.30 bits per heavy atom. The van der Waals surface area contributed by atoms with Gasteiger partial charge < -0.3 is 0 Å². The quantitative estimate of drug-likeness (QED) is 0.460. The Kier molecular flexibility index (Phi) is 4.52. The lowest BCUT2D eigenvalue weighted by atomic mass is 9.88. The second kappa shape index (κ2) is 5.99. The molecule has 1 aliphatic rings. The van der Waals surface area contributed by atoms with E-state index in [1.165, 1.54) is 12.0 Å². The molecule has 2 heteroatoms. The Bertz CT molecular complexity index is 518. The summed E-state index contributed by atoms with van der Waals surface area (Å²) >= 11 is 0. The molecule has 20 heavy (non-hydrogen) atoms. The van der Waals surface area contributed by atoms with Crippen molar-refractivity contribution in [2.45, 2.75) is 38.0 Å². The van der Waals surface area contributed by atoms with Gasteiger partial charge in [-0.3, -0.25) is 4.90 Å². The highest BCUT2D eigenvalue weighted by Crippen LogP contribution is 2.38. The van der Waals surface area contributed by atoms with Crippen LogP contribution in [0.4, 0.5) is 0 Å². The van der Waals surface area contributed by atoms with Crippen molar-refractivity contribution in [3.8, 4) is 11.5 Å². The van der Waals surface area contributed by atoms with E-state index in [1.807, 2.05) is 6.08 Å². The Morgan fingerprint density at radius 3 is 2.60 bits per heavy atom. The van der Waals surface area contributed by atoms with Gasteiger partial charge in [-0.1, -0.05) is 62.0 Å². The zero-order valence-electron chi connectivity index (χ0n) is 12.9. The zero-order valence-corrected chi connectivity index (χ0v) is 13.9. The minimum absolute atomic E-state index is 0.101. The van der Waals surface area contributed by atoms with Gasteiger partial charge in [-0.05, 0) is 18.4 Å². The molecule has 1 heterocycles. The normalized spacial score (nSPS) is 23.1. The predicted octanol–water partition coefficient (Wildman–Crippen LogP) is 4.04. The van der Waals surface area contributed by atoms with Crippen molar-refractivity contribution in [3.05, 3.63) is 48.6 Å². The summed E-state index contributed by atoms with van der Waals surface area (Å²) in [6.45, 7) is 12.9. The lowest BCUT2D eigenvalue weighted by molar-refractivity contribution is 0.217. The average molecular weight is 283 g/mol. The van der Waals surface area contributed by atoms with Crippen LogP contribution in [0.15, 0.2) is 43.0 Å². The third-order valence-electron chi connectivity index (χ3n) is 3.75. The van der Waals surface area contributed by atoms with Crippen molar-refractivity contribution >= 4 is 8.07 Å². The second-order valence-electron chi connectivity index (χ2n) is 6.56. The maximum atomic E-state index is 3.91. The molecule has 1 nitrogen and oxygen atoms in total. The first-order valence-corrected chi connectivity index (χ1v) is 10.9. The lowest BCUT2D eigenvalue weighted by Crippen LogP contribution is -2.40. The number of hydrogen-bond acceptors (Lipinski definition) is 1. The van der Waals surface area contributed by atoms with Crippen molar-refractivity contribution in [1.29, 1.82) is 0 Å². The SMILES string of the molecule is C=CCN1CCCC1(C#C[Si](C)(C)C)c1ccccc1. The summed E-state index contributed by atoms with van der Waals surface area (Å²) in [6.07, 6.45) is 4.34. The van der Waals surface area contributed by atoms with Crippen LogP contribution < -0.4 is 0 Å². The summed E-state index contributed by atoms with van der Waals surface area (Å²) in [5, 5.41) is 0. The number of hydrogen-bond donors (Lipinski definition) is 0. The van der Waals surface area contributed by atoms with Crippen LogP contribution in [-0.2, 0) is 5.54 Å². The van der Waals surface area contributed by atoms with Crippen LogP contribution in [-0.4, -0.2) is 26.1 Å². The molecule has 0 aliphatic carbocycles. The Balaban J connectivity index is 2.48. The van der Waals surface area contributed by atoms with Gasteiger partial charge >= 0.3 is 0 Å². The fourth-order valence-electron chi connectivity index (χ4n) is 2.82. The fraction of sp³-hybridized carbons (Fsp3) is 0.444. The van der Waals surface area contributed by atoms with Crippen LogP contribution in [0, 0.1) is 11.5 Å². The van der Waals surface area contributed by atoms with Crippen LogP contribution in [0.1, 0.15) is 18.4 Å². The van der Waals surface area contributed by atoms with Gasteiger partial charge in [-0.15, -0.1) is 12.1 Å². The Labute approximate surface area is 124 Å². The van der Waals surface area contributed by atoms with Crippen LogP contribution in [0.2, 0.25) is 19.6 Å². The maximum absolute atomic E-state index is 3.91. The van der Waals surface area contributed by atoms with Gasteiger partial charge in [0.05, 0.1) is 0 Å². The standard InChI is InChI=1S/C18H25NSi/c1-5-14-19-15-9-12-18(19,13-16-20(2,3)4)17-10-7-6-8-11-17/h5-8,10-11H,1,9,12,14-15H2,2-4H3. The van der Waals surface area contributed by atoms with Gasteiger partial charge in [0.2, 0.25) is 0 Å². The van der Waals surface area contributed by atoms with E-state index in [-0.39, 0.29) is 5.54 Å². The summed E-state index contributed by atoms with van der Waals surface area (Å²) in [4.78, 5) is 2.49. The highest BCUT2D eigenvalue weighted by atomic mass is 28.3. The molecule has 1 saturated heterocycles. The average Bonchev–Trinajstić information content (AvgIpc) is 2.81. The molecule has 0 radical (unpaired) electrons. The summed E-state index contributed by atoms with van der Waals surface area (Å²) in [6, 6.07) is 10.8. The van der Waals surface area contributed by atoms with Crippen LogP contribution in [0.3, 0.4) is 0 Å². The highest BCUT2D eigenvalue weighted by Gasteiger charge is 2.40. The third kappa shape index (κ3) is 3.23. The van der Waals surface area contributed by atoms with Crippen LogP contribution in [0.25, 0.3) is 0 Å². The third-order valence-corrected chi connectivity index (χ3v) is 4.63. The van der Waals surface area contributed by atoms with E-state index >= 15 is 0 Å². The first-order chi connectivity index (χ1) is 9.48. The first-order valence-electron chi connectivity index (χ1n) is 7.44. The molecule has 2 rings (SSSR count). The van der Waals surface area contributed by atoms with Crippen molar-refractivity contribution in [1.82, 2.24) is 4.90 Å². The molecule has 1 aliphatic heterocycles. The molecule has 1 aromatic carbocycles. The minimum atomic E-state index is -1.37. The summed E-state index contributed by atoms with van der Waals surface area (Å²) < 4.78 is 0. The van der Waals surface area contributed by atoms with E-state index in [9.17, 15) is 0 Å². The molecular formula is C18H25NSi. The maximum Gasteiger partial charge on any atom is 0.129 e. The van der Waals surface area contributed by atoms with E-state index < -0.39 is 8.07 Å². The molecule has 0 spiro atoms. The van der Waals surface area contributed by atoms with Crippen molar-refractivity contribution in [2.75, 3.05) is 13.1 Å². The molecule has 0 saturated carbocycles.